The molecule has 0 radical (unpaired) electrons. The van der Waals surface area contributed by atoms with E-state index >= 15 is 0 Å². The Balaban J connectivity index is 1.57. The molecule has 2 aliphatic heterocycles. The van der Waals surface area contributed by atoms with Gasteiger partial charge in [0.05, 0.1) is 10.9 Å². The fourth-order valence-electron chi connectivity index (χ4n) is 3.06. The van der Waals surface area contributed by atoms with E-state index in [1.165, 1.54) is 4.31 Å². The SMILES string of the molecule is O=C(NCc1ccc(S(=O)(=O)N2CCCC2)cc1)C1CC(Cl)CN1. The molecule has 1 aromatic carbocycles. The van der Waals surface area contributed by atoms with Crippen molar-refractivity contribution in [2.24, 2.45) is 0 Å². The zero-order valence-electron chi connectivity index (χ0n) is 13.4. The average molecular weight is 372 g/mol. The van der Waals surface area contributed by atoms with Crippen molar-refractivity contribution in [3.8, 4) is 0 Å². The topological polar surface area (TPSA) is 78.5 Å². The number of rotatable bonds is 5. The molecule has 24 heavy (non-hydrogen) atoms. The lowest BCUT2D eigenvalue weighted by Crippen LogP contribution is -2.40. The van der Waals surface area contributed by atoms with Crippen molar-refractivity contribution in [2.45, 2.75) is 42.1 Å². The van der Waals surface area contributed by atoms with E-state index < -0.39 is 10.0 Å². The third-order valence-electron chi connectivity index (χ3n) is 4.49. The van der Waals surface area contributed by atoms with E-state index in [1.807, 2.05) is 0 Å². The molecule has 0 aliphatic carbocycles. The van der Waals surface area contributed by atoms with Crippen molar-refractivity contribution >= 4 is 27.5 Å². The van der Waals surface area contributed by atoms with Gasteiger partial charge in [-0.3, -0.25) is 4.79 Å². The molecule has 0 bridgehead atoms. The van der Waals surface area contributed by atoms with Gasteiger partial charge in [-0.25, -0.2) is 8.42 Å². The monoisotopic (exact) mass is 371 g/mol. The number of sulfonamides is 1. The second-order valence-electron chi connectivity index (χ2n) is 6.27. The number of nitrogens with one attached hydrogen (secondary N) is 2. The van der Waals surface area contributed by atoms with E-state index in [0.29, 0.717) is 37.5 Å². The number of hydrogen-bond acceptors (Lipinski definition) is 4. The van der Waals surface area contributed by atoms with Gasteiger partial charge in [-0.1, -0.05) is 12.1 Å². The molecule has 132 valence electrons. The summed E-state index contributed by atoms with van der Waals surface area (Å²) in [5.41, 5.74) is 0.865. The minimum Gasteiger partial charge on any atom is -0.351 e. The molecular formula is C16H22ClN3O3S. The number of carbonyl (C=O) groups is 1. The third-order valence-corrected chi connectivity index (χ3v) is 6.73. The average Bonchev–Trinajstić information content (AvgIpc) is 3.25. The van der Waals surface area contributed by atoms with Crippen LogP contribution in [-0.2, 0) is 21.4 Å². The van der Waals surface area contributed by atoms with Crippen LogP contribution in [0.3, 0.4) is 0 Å². The van der Waals surface area contributed by atoms with Crippen LogP contribution in [0.15, 0.2) is 29.2 Å². The van der Waals surface area contributed by atoms with Crippen LogP contribution >= 0.6 is 11.6 Å². The summed E-state index contributed by atoms with van der Waals surface area (Å²) in [7, 11) is -3.38. The van der Waals surface area contributed by atoms with E-state index in [1.54, 1.807) is 24.3 Å². The molecular weight excluding hydrogens is 350 g/mol. The highest BCUT2D eigenvalue weighted by molar-refractivity contribution is 7.89. The maximum atomic E-state index is 12.5. The molecule has 0 saturated carbocycles. The maximum absolute atomic E-state index is 12.5. The molecule has 2 atom stereocenters. The van der Waals surface area contributed by atoms with Crippen LogP contribution in [0, 0.1) is 0 Å². The lowest BCUT2D eigenvalue weighted by atomic mass is 10.2. The molecule has 0 spiro atoms. The van der Waals surface area contributed by atoms with Crippen LogP contribution in [0.4, 0.5) is 0 Å². The predicted molar refractivity (Wildman–Crippen MR) is 92.3 cm³/mol. The Morgan fingerprint density at radius 3 is 2.50 bits per heavy atom. The Bertz CT molecular complexity index is 687. The van der Waals surface area contributed by atoms with Gasteiger partial charge in [0.2, 0.25) is 15.9 Å². The van der Waals surface area contributed by atoms with Crippen molar-refractivity contribution in [3.05, 3.63) is 29.8 Å². The van der Waals surface area contributed by atoms with Crippen LogP contribution in [0.5, 0.6) is 0 Å². The molecule has 0 aromatic heterocycles. The number of alkyl halides is 1. The van der Waals surface area contributed by atoms with Gasteiger partial charge < -0.3 is 10.6 Å². The van der Waals surface area contributed by atoms with Crippen LogP contribution in [0.2, 0.25) is 0 Å². The molecule has 2 saturated heterocycles. The smallest absolute Gasteiger partial charge is 0.243 e. The molecule has 2 fully saturated rings. The second kappa shape index (κ2) is 7.39. The Labute approximate surface area is 147 Å². The summed E-state index contributed by atoms with van der Waals surface area (Å²) in [6.07, 6.45) is 2.46. The number of halogens is 1. The summed E-state index contributed by atoms with van der Waals surface area (Å²) < 4.78 is 26.4. The lowest BCUT2D eigenvalue weighted by Gasteiger charge is -2.16. The van der Waals surface area contributed by atoms with Crippen molar-refractivity contribution in [3.63, 3.8) is 0 Å². The number of carbonyl (C=O) groups excluding carboxylic acids is 1. The molecule has 6 nitrogen and oxygen atoms in total. The van der Waals surface area contributed by atoms with Gasteiger partial charge in [-0.05, 0) is 37.0 Å². The molecule has 1 aromatic rings. The lowest BCUT2D eigenvalue weighted by molar-refractivity contribution is -0.122. The van der Waals surface area contributed by atoms with Crippen LogP contribution in [0.1, 0.15) is 24.8 Å². The Morgan fingerprint density at radius 2 is 1.92 bits per heavy atom. The van der Waals surface area contributed by atoms with Gasteiger partial charge in [0, 0.05) is 31.6 Å². The van der Waals surface area contributed by atoms with Gasteiger partial charge in [0.1, 0.15) is 0 Å². The van der Waals surface area contributed by atoms with Gasteiger partial charge >= 0.3 is 0 Å². The second-order valence-corrected chi connectivity index (χ2v) is 8.82. The number of nitrogens with zero attached hydrogens (tertiary/aromatic N) is 1. The number of amides is 1. The molecule has 2 N–H and O–H groups in total. The normalized spacial score (nSPS) is 25.0. The Hall–Kier alpha value is -1.15. The molecule has 1 amide bonds. The largest absolute Gasteiger partial charge is 0.351 e. The first-order valence-corrected chi connectivity index (χ1v) is 10.1. The van der Waals surface area contributed by atoms with Crippen LogP contribution < -0.4 is 10.6 Å². The van der Waals surface area contributed by atoms with Crippen molar-refractivity contribution in [1.29, 1.82) is 0 Å². The summed E-state index contributed by atoms with van der Waals surface area (Å²) >= 11 is 5.98. The Kier molecular flexibility index (Phi) is 5.44. The standard InChI is InChI=1S/C16H22ClN3O3S/c17-13-9-15(18-11-13)16(21)19-10-12-3-5-14(6-4-12)24(22,23)20-7-1-2-8-20/h3-6,13,15,18H,1-2,7-11H2,(H,19,21). The summed E-state index contributed by atoms with van der Waals surface area (Å²) in [5, 5.41) is 5.92. The minimum absolute atomic E-state index is 0.00386. The molecule has 8 heteroatoms. The van der Waals surface area contributed by atoms with Gasteiger partial charge in [-0.2, -0.15) is 4.31 Å². The minimum atomic E-state index is -3.38. The number of benzene rings is 1. The number of hydrogen-bond donors (Lipinski definition) is 2. The molecule has 2 aliphatic rings. The van der Waals surface area contributed by atoms with E-state index in [4.69, 9.17) is 11.6 Å². The molecule has 3 rings (SSSR count). The van der Waals surface area contributed by atoms with E-state index in [-0.39, 0.29) is 17.3 Å². The third kappa shape index (κ3) is 3.91. The van der Waals surface area contributed by atoms with Gasteiger partial charge in [0.15, 0.2) is 0 Å². The summed E-state index contributed by atoms with van der Waals surface area (Å²) in [5.74, 6) is -0.0769. The maximum Gasteiger partial charge on any atom is 0.243 e. The van der Waals surface area contributed by atoms with Crippen molar-refractivity contribution in [2.75, 3.05) is 19.6 Å². The quantitative estimate of drug-likeness (QED) is 0.758. The summed E-state index contributed by atoms with van der Waals surface area (Å²) in [4.78, 5) is 12.3. The van der Waals surface area contributed by atoms with Gasteiger partial charge in [0.25, 0.3) is 0 Å². The van der Waals surface area contributed by atoms with E-state index in [2.05, 4.69) is 10.6 Å². The fraction of sp³-hybridized carbons (Fsp3) is 0.562. The zero-order chi connectivity index (χ0) is 17.2. The first kappa shape index (κ1) is 17.7. The predicted octanol–water partition coefficient (Wildman–Crippen LogP) is 1.06. The molecule has 2 unspecified atom stereocenters. The van der Waals surface area contributed by atoms with Crippen LogP contribution in [0.25, 0.3) is 0 Å². The highest BCUT2D eigenvalue weighted by Crippen LogP contribution is 2.21. The first-order valence-electron chi connectivity index (χ1n) is 8.21. The van der Waals surface area contributed by atoms with E-state index in [0.717, 1.165) is 18.4 Å². The zero-order valence-corrected chi connectivity index (χ0v) is 14.9. The highest BCUT2D eigenvalue weighted by Gasteiger charge is 2.28. The summed E-state index contributed by atoms with van der Waals surface area (Å²) in [6.45, 7) is 2.20. The van der Waals surface area contributed by atoms with Crippen LogP contribution in [-0.4, -0.2) is 49.7 Å². The Morgan fingerprint density at radius 1 is 1.25 bits per heavy atom. The summed E-state index contributed by atoms with van der Waals surface area (Å²) in [6, 6.07) is 6.46. The van der Waals surface area contributed by atoms with E-state index in [9.17, 15) is 13.2 Å². The fourth-order valence-corrected chi connectivity index (χ4v) is 4.85. The highest BCUT2D eigenvalue weighted by atomic mass is 35.5. The first-order chi connectivity index (χ1) is 11.5. The van der Waals surface area contributed by atoms with Crippen molar-refractivity contribution < 1.29 is 13.2 Å². The molecule has 2 heterocycles. The van der Waals surface area contributed by atoms with Gasteiger partial charge in [-0.15, -0.1) is 11.6 Å². The van der Waals surface area contributed by atoms with Crippen molar-refractivity contribution in [1.82, 2.24) is 14.9 Å².